The molecule has 1 atom stereocenters. The normalized spacial score (nSPS) is 19.7. The Bertz CT molecular complexity index is 471. The zero-order valence-corrected chi connectivity index (χ0v) is 12.7. The van der Waals surface area contributed by atoms with Crippen LogP contribution in [0.1, 0.15) is 24.7 Å². The summed E-state index contributed by atoms with van der Waals surface area (Å²) in [6.07, 6.45) is 1.11. The van der Waals surface area contributed by atoms with Crippen LogP contribution in [0.15, 0.2) is 0 Å². The van der Waals surface area contributed by atoms with Gasteiger partial charge in [-0.25, -0.2) is 0 Å². The molecule has 0 spiro atoms. The van der Waals surface area contributed by atoms with Crippen molar-refractivity contribution in [2.75, 3.05) is 24.6 Å². The van der Waals surface area contributed by atoms with Crippen LogP contribution in [0.5, 0.6) is 0 Å². The van der Waals surface area contributed by atoms with Crippen molar-refractivity contribution < 1.29 is 4.79 Å². The van der Waals surface area contributed by atoms with Crippen LogP contribution in [-0.2, 0) is 11.3 Å². The molecular weight excluding hydrogens is 260 g/mol. The van der Waals surface area contributed by atoms with Crippen LogP contribution in [0.2, 0.25) is 0 Å². The van der Waals surface area contributed by atoms with Gasteiger partial charge in [0, 0.05) is 24.1 Å². The zero-order chi connectivity index (χ0) is 14.0. The topological polar surface area (TPSA) is 64.2 Å². The Balaban J connectivity index is 2.02. The van der Waals surface area contributed by atoms with Gasteiger partial charge < -0.3 is 10.6 Å². The number of nitrogen functional groups attached to an aromatic ring is 1. The number of nitrogens with zero attached hydrogens (tertiary/aromatic N) is 3. The van der Waals surface area contributed by atoms with Crippen LogP contribution in [-0.4, -0.2) is 44.7 Å². The maximum atomic E-state index is 12.3. The standard InChI is InChI=1S/C13H22N4OS/c1-4-11-7-16(5-6-19-11)12(18)8-17-10(3)13(14)9(2)15-17/h11H,4-8,14H2,1-3H3. The molecule has 1 fully saturated rings. The fraction of sp³-hybridized carbons (Fsp3) is 0.692. The predicted octanol–water partition coefficient (Wildman–Crippen LogP) is 1.44. The number of carbonyl (C=O) groups is 1. The molecule has 0 radical (unpaired) electrons. The van der Waals surface area contributed by atoms with Gasteiger partial charge in [0.2, 0.25) is 5.91 Å². The molecule has 1 aromatic rings. The number of hydrogen-bond acceptors (Lipinski definition) is 4. The number of anilines is 1. The third-order valence-corrected chi connectivity index (χ3v) is 5.04. The lowest BCUT2D eigenvalue weighted by molar-refractivity contribution is -0.132. The van der Waals surface area contributed by atoms with E-state index in [1.807, 2.05) is 30.5 Å². The molecule has 6 heteroatoms. The van der Waals surface area contributed by atoms with E-state index >= 15 is 0 Å². The molecule has 1 aliphatic heterocycles. The second kappa shape index (κ2) is 5.86. The van der Waals surface area contributed by atoms with Crippen molar-refractivity contribution in [3.63, 3.8) is 0 Å². The van der Waals surface area contributed by atoms with Gasteiger partial charge >= 0.3 is 0 Å². The number of nitrogens with two attached hydrogens (primary N) is 1. The highest BCUT2D eigenvalue weighted by molar-refractivity contribution is 8.00. The van der Waals surface area contributed by atoms with Gasteiger partial charge in [0.1, 0.15) is 6.54 Å². The predicted molar refractivity (Wildman–Crippen MR) is 79.2 cm³/mol. The molecule has 5 nitrogen and oxygen atoms in total. The van der Waals surface area contributed by atoms with E-state index in [0.29, 0.717) is 17.5 Å². The lowest BCUT2D eigenvalue weighted by Gasteiger charge is -2.32. The first-order chi connectivity index (χ1) is 9.02. The summed E-state index contributed by atoms with van der Waals surface area (Å²) >= 11 is 1.96. The number of amides is 1. The average Bonchev–Trinajstić information content (AvgIpc) is 2.66. The maximum absolute atomic E-state index is 12.3. The second-order valence-corrected chi connectivity index (χ2v) is 6.39. The average molecular weight is 282 g/mol. The zero-order valence-electron chi connectivity index (χ0n) is 11.8. The monoisotopic (exact) mass is 282 g/mol. The van der Waals surface area contributed by atoms with Crippen LogP contribution in [0.3, 0.4) is 0 Å². The molecule has 0 aromatic carbocycles. The molecule has 1 amide bonds. The Kier molecular flexibility index (Phi) is 4.39. The van der Waals surface area contributed by atoms with Crippen molar-refractivity contribution >= 4 is 23.4 Å². The Morgan fingerprint density at radius 2 is 2.26 bits per heavy atom. The first-order valence-electron chi connectivity index (χ1n) is 6.71. The number of thioether (sulfide) groups is 1. The van der Waals surface area contributed by atoms with E-state index in [-0.39, 0.29) is 5.91 Å². The van der Waals surface area contributed by atoms with E-state index in [0.717, 1.165) is 36.7 Å². The molecule has 2 rings (SSSR count). The van der Waals surface area contributed by atoms with Crippen LogP contribution in [0.25, 0.3) is 0 Å². The molecule has 2 heterocycles. The summed E-state index contributed by atoms with van der Waals surface area (Å²) in [5, 5.41) is 4.90. The Labute approximate surface area is 118 Å². The highest BCUT2D eigenvalue weighted by Crippen LogP contribution is 2.21. The fourth-order valence-corrected chi connectivity index (χ4v) is 3.47. The maximum Gasteiger partial charge on any atom is 0.244 e. The Hall–Kier alpha value is -1.17. The molecule has 1 unspecified atom stereocenters. The molecule has 19 heavy (non-hydrogen) atoms. The molecule has 0 aliphatic carbocycles. The summed E-state index contributed by atoms with van der Waals surface area (Å²) in [6, 6.07) is 0. The molecule has 2 N–H and O–H groups in total. The molecular formula is C13H22N4OS. The SMILES string of the molecule is CCC1CN(C(=O)Cn2nc(C)c(N)c2C)CCS1. The van der Waals surface area contributed by atoms with Gasteiger partial charge in [0.05, 0.1) is 17.1 Å². The first-order valence-corrected chi connectivity index (χ1v) is 7.76. The molecule has 1 aliphatic rings. The third kappa shape index (κ3) is 3.05. The molecule has 0 bridgehead atoms. The van der Waals surface area contributed by atoms with Crippen LogP contribution in [0.4, 0.5) is 5.69 Å². The minimum Gasteiger partial charge on any atom is -0.396 e. The highest BCUT2D eigenvalue weighted by atomic mass is 32.2. The lowest BCUT2D eigenvalue weighted by atomic mass is 10.3. The smallest absolute Gasteiger partial charge is 0.244 e. The van der Waals surface area contributed by atoms with Gasteiger partial charge in [-0.3, -0.25) is 9.48 Å². The van der Waals surface area contributed by atoms with Crippen LogP contribution in [0, 0.1) is 13.8 Å². The van der Waals surface area contributed by atoms with Gasteiger partial charge in [0.15, 0.2) is 0 Å². The van der Waals surface area contributed by atoms with Crippen molar-refractivity contribution in [3.05, 3.63) is 11.4 Å². The number of rotatable bonds is 3. The van der Waals surface area contributed by atoms with Crippen molar-refractivity contribution in [1.82, 2.24) is 14.7 Å². The van der Waals surface area contributed by atoms with Gasteiger partial charge in [-0.15, -0.1) is 0 Å². The molecule has 1 saturated heterocycles. The lowest BCUT2D eigenvalue weighted by Crippen LogP contribution is -2.43. The van der Waals surface area contributed by atoms with Gasteiger partial charge in [-0.1, -0.05) is 6.92 Å². The van der Waals surface area contributed by atoms with E-state index in [1.165, 1.54) is 0 Å². The van der Waals surface area contributed by atoms with E-state index in [2.05, 4.69) is 12.0 Å². The van der Waals surface area contributed by atoms with E-state index in [9.17, 15) is 4.79 Å². The Morgan fingerprint density at radius 1 is 1.53 bits per heavy atom. The minimum absolute atomic E-state index is 0.143. The number of aryl methyl sites for hydroxylation is 1. The quantitative estimate of drug-likeness (QED) is 0.911. The summed E-state index contributed by atoms with van der Waals surface area (Å²) in [6.45, 7) is 7.94. The van der Waals surface area contributed by atoms with Crippen molar-refractivity contribution in [1.29, 1.82) is 0 Å². The van der Waals surface area contributed by atoms with Crippen molar-refractivity contribution in [2.24, 2.45) is 0 Å². The highest BCUT2D eigenvalue weighted by Gasteiger charge is 2.23. The van der Waals surface area contributed by atoms with Gasteiger partial charge in [0.25, 0.3) is 0 Å². The molecule has 106 valence electrons. The Morgan fingerprint density at radius 3 is 2.84 bits per heavy atom. The van der Waals surface area contributed by atoms with Crippen molar-refractivity contribution in [2.45, 2.75) is 39.0 Å². The first kappa shape index (κ1) is 14.2. The summed E-state index contributed by atoms with van der Waals surface area (Å²) in [5.74, 6) is 1.17. The minimum atomic E-state index is 0.143. The summed E-state index contributed by atoms with van der Waals surface area (Å²) in [7, 11) is 0. The largest absolute Gasteiger partial charge is 0.396 e. The summed E-state index contributed by atoms with van der Waals surface area (Å²) < 4.78 is 1.72. The van der Waals surface area contributed by atoms with Gasteiger partial charge in [-0.05, 0) is 20.3 Å². The van der Waals surface area contributed by atoms with E-state index in [1.54, 1.807) is 4.68 Å². The summed E-state index contributed by atoms with van der Waals surface area (Å²) in [5.41, 5.74) is 8.25. The van der Waals surface area contributed by atoms with E-state index < -0.39 is 0 Å². The van der Waals surface area contributed by atoms with Gasteiger partial charge in [-0.2, -0.15) is 16.9 Å². The van der Waals surface area contributed by atoms with Crippen LogP contribution >= 0.6 is 11.8 Å². The fourth-order valence-electron chi connectivity index (χ4n) is 2.29. The number of carbonyl (C=O) groups excluding carboxylic acids is 1. The van der Waals surface area contributed by atoms with Crippen LogP contribution < -0.4 is 5.73 Å². The van der Waals surface area contributed by atoms with Crippen molar-refractivity contribution in [3.8, 4) is 0 Å². The van der Waals surface area contributed by atoms with E-state index in [4.69, 9.17) is 5.73 Å². The molecule has 0 saturated carbocycles. The summed E-state index contributed by atoms with van der Waals surface area (Å²) in [4.78, 5) is 14.3. The number of aromatic nitrogens is 2. The number of hydrogen-bond donors (Lipinski definition) is 1. The molecule has 1 aromatic heterocycles. The second-order valence-electron chi connectivity index (χ2n) is 4.98. The third-order valence-electron chi connectivity index (χ3n) is 3.67.